The second-order valence-corrected chi connectivity index (χ2v) is 8.96. The van der Waals surface area contributed by atoms with E-state index in [4.69, 9.17) is 23.2 Å². The summed E-state index contributed by atoms with van der Waals surface area (Å²) in [5.74, 6) is 1.71. The maximum atomic E-state index is 5.99. The van der Waals surface area contributed by atoms with E-state index >= 15 is 0 Å². The molecule has 0 N–H and O–H groups in total. The van der Waals surface area contributed by atoms with Crippen molar-refractivity contribution in [3.8, 4) is 0 Å². The van der Waals surface area contributed by atoms with E-state index in [9.17, 15) is 0 Å². The Morgan fingerprint density at radius 1 is 0.783 bits per heavy atom. The molecule has 1 aromatic heterocycles. The van der Waals surface area contributed by atoms with Crippen LogP contribution in [-0.2, 0) is 11.5 Å². The van der Waals surface area contributed by atoms with Gasteiger partial charge in [0.15, 0.2) is 8.68 Å². The SMILES string of the molecule is Clc1ccc(CSc2nnc(SCc3cccc(Cl)c3)s2)cc1. The Bertz CT molecular complexity index is 775. The number of halogens is 2. The number of hydrogen-bond donors (Lipinski definition) is 0. The highest BCUT2D eigenvalue weighted by atomic mass is 35.5. The van der Waals surface area contributed by atoms with Crippen molar-refractivity contribution in [2.75, 3.05) is 0 Å². The molecule has 2 nitrogen and oxygen atoms in total. The van der Waals surface area contributed by atoms with Crippen LogP contribution >= 0.6 is 58.1 Å². The maximum absolute atomic E-state index is 5.99. The van der Waals surface area contributed by atoms with Gasteiger partial charge in [0.25, 0.3) is 0 Å². The third-order valence-electron chi connectivity index (χ3n) is 2.91. The molecule has 0 bridgehead atoms. The molecular formula is C16H12Cl2N2S3. The molecule has 0 aliphatic heterocycles. The Labute approximate surface area is 157 Å². The number of aromatic nitrogens is 2. The molecule has 0 atom stereocenters. The molecule has 0 spiro atoms. The number of benzene rings is 2. The van der Waals surface area contributed by atoms with Crippen LogP contribution in [0.15, 0.2) is 57.2 Å². The molecule has 0 aliphatic rings. The highest BCUT2D eigenvalue weighted by Crippen LogP contribution is 2.32. The van der Waals surface area contributed by atoms with Crippen molar-refractivity contribution in [1.29, 1.82) is 0 Å². The number of thioether (sulfide) groups is 2. The Kier molecular flexibility index (Phi) is 6.25. The Morgan fingerprint density at radius 2 is 1.43 bits per heavy atom. The van der Waals surface area contributed by atoms with Crippen molar-refractivity contribution in [3.63, 3.8) is 0 Å². The maximum Gasteiger partial charge on any atom is 0.175 e. The minimum atomic E-state index is 0.759. The molecule has 23 heavy (non-hydrogen) atoms. The average Bonchev–Trinajstić information content (AvgIpc) is 3.00. The van der Waals surface area contributed by atoms with E-state index in [2.05, 4.69) is 16.3 Å². The van der Waals surface area contributed by atoms with Gasteiger partial charge in [0.2, 0.25) is 0 Å². The van der Waals surface area contributed by atoms with Crippen LogP contribution in [0.3, 0.4) is 0 Å². The van der Waals surface area contributed by atoms with Gasteiger partial charge in [0, 0.05) is 21.6 Å². The van der Waals surface area contributed by atoms with Crippen LogP contribution in [-0.4, -0.2) is 10.2 Å². The largest absolute Gasteiger partial charge is 0.175 e. The van der Waals surface area contributed by atoms with Gasteiger partial charge >= 0.3 is 0 Å². The lowest BCUT2D eigenvalue weighted by molar-refractivity contribution is 0.954. The summed E-state index contributed by atoms with van der Waals surface area (Å²) in [6, 6.07) is 15.8. The van der Waals surface area contributed by atoms with Crippen LogP contribution in [0.5, 0.6) is 0 Å². The zero-order valence-corrected chi connectivity index (χ0v) is 15.9. The first-order valence-corrected chi connectivity index (χ1v) is 10.3. The van der Waals surface area contributed by atoms with Gasteiger partial charge in [-0.1, -0.05) is 82.3 Å². The predicted molar refractivity (Wildman–Crippen MR) is 102 cm³/mol. The van der Waals surface area contributed by atoms with E-state index in [1.807, 2.05) is 42.5 Å². The molecule has 0 fully saturated rings. The Hall–Kier alpha value is -0.720. The normalized spacial score (nSPS) is 10.9. The molecule has 0 radical (unpaired) electrons. The summed E-state index contributed by atoms with van der Waals surface area (Å²) in [7, 11) is 0. The Morgan fingerprint density at radius 3 is 2.09 bits per heavy atom. The topological polar surface area (TPSA) is 25.8 Å². The van der Waals surface area contributed by atoms with Gasteiger partial charge in [-0.25, -0.2) is 0 Å². The zero-order chi connectivity index (χ0) is 16.1. The molecule has 0 amide bonds. The van der Waals surface area contributed by atoms with Gasteiger partial charge in [-0.15, -0.1) is 10.2 Å². The zero-order valence-electron chi connectivity index (χ0n) is 11.9. The lowest BCUT2D eigenvalue weighted by Crippen LogP contribution is -1.80. The Balaban J connectivity index is 1.52. The van der Waals surface area contributed by atoms with E-state index in [0.29, 0.717) is 0 Å². The molecular weight excluding hydrogens is 387 g/mol. The van der Waals surface area contributed by atoms with E-state index < -0.39 is 0 Å². The van der Waals surface area contributed by atoms with Crippen molar-refractivity contribution in [1.82, 2.24) is 10.2 Å². The molecule has 0 unspecified atom stereocenters. The van der Waals surface area contributed by atoms with Gasteiger partial charge in [-0.2, -0.15) is 0 Å². The summed E-state index contributed by atoms with van der Waals surface area (Å²) >= 11 is 16.9. The van der Waals surface area contributed by atoms with Crippen molar-refractivity contribution < 1.29 is 0 Å². The van der Waals surface area contributed by atoms with Gasteiger partial charge in [-0.3, -0.25) is 0 Å². The molecule has 118 valence electrons. The molecule has 1 heterocycles. The minimum Gasteiger partial charge on any atom is -0.131 e. The van der Waals surface area contributed by atoms with Crippen LogP contribution in [0.4, 0.5) is 0 Å². The molecule has 0 saturated heterocycles. The lowest BCUT2D eigenvalue weighted by atomic mass is 10.2. The van der Waals surface area contributed by atoms with E-state index in [1.54, 1.807) is 34.9 Å². The first-order chi connectivity index (χ1) is 11.2. The van der Waals surface area contributed by atoms with E-state index in [-0.39, 0.29) is 0 Å². The smallest absolute Gasteiger partial charge is 0.131 e. The highest BCUT2D eigenvalue weighted by molar-refractivity contribution is 8.02. The first kappa shape index (κ1) is 17.1. The van der Waals surface area contributed by atoms with Gasteiger partial charge < -0.3 is 0 Å². The van der Waals surface area contributed by atoms with Gasteiger partial charge in [0.1, 0.15) is 0 Å². The third kappa shape index (κ3) is 5.40. The molecule has 3 rings (SSSR count). The number of nitrogens with zero attached hydrogens (tertiary/aromatic N) is 2. The fourth-order valence-electron chi connectivity index (χ4n) is 1.81. The second kappa shape index (κ2) is 8.40. The van der Waals surface area contributed by atoms with Crippen LogP contribution in [0, 0.1) is 0 Å². The second-order valence-electron chi connectivity index (χ2n) is 4.67. The molecule has 3 aromatic rings. The summed E-state index contributed by atoms with van der Waals surface area (Å²) < 4.78 is 1.96. The monoisotopic (exact) mass is 398 g/mol. The average molecular weight is 399 g/mol. The summed E-state index contributed by atoms with van der Waals surface area (Å²) in [6.45, 7) is 0. The first-order valence-electron chi connectivity index (χ1n) is 6.77. The third-order valence-corrected chi connectivity index (χ3v) is 6.73. The fraction of sp³-hybridized carbons (Fsp3) is 0.125. The van der Waals surface area contributed by atoms with E-state index in [0.717, 1.165) is 30.2 Å². The lowest BCUT2D eigenvalue weighted by Gasteiger charge is -1.99. The van der Waals surface area contributed by atoms with Crippen molar-refractivity contribution in [2.45, 2.75) is 20.2 Å². The quantitative estimate of drug-likeness (QED) is 0.446. The standard InChI is InChI=1S/C16H12Cl2N2S3/c17-13-6-4-11(5-7-13)9-21-15-19-20-16(23-15)22-10-12-2-1-3-14(18)8-12/h1-8H,9-10H2. The van der Waals surface area contributed by atoms with Crippen molar-refractivity contribution >= 4 is 58.1 Å². The van der Waals surface area contributed by atoms with Crippen LogP contribution in [0.1, 0.15) is 11.1 Å². The van der Waals surface area contributed by atoms with Crippen LogP contribution < -0.4 is 0 Å². The summed E-state index contributed by atoms with van der Waals surface area (Å²) in [6.07, 6.45) is 0. The van der Waals surface area contributed by atoms with Crippen LogP contribution in [0.2, 0.25) is 10.0 Å². The van der Waals surface area contributed by atoms with Crippen LogP contribution in [0.25, 0.3) is 0 Å². The van der Waals surface area contributed by atoms with Crippen molar-refractivity contribution in [2.24, 2.45) is 0 Å². The molecule has 0 saturated carbocycles. The summed E-state index contributed by atoms with van der Waals surface area (Å²) in [5, 5.41) is 10.00. The summed E-state index contributed by atoms with van der Waals surface area (Å²) in [5.41, 5.74) is 2.41. The summed E-state index contributed by atoms with van der Waals surface area (Å²) in [4.78, 5) is 0. The minimum absolute atomic E-state index is 0.759. The fourth-order valence-corrected chi connectivity index (χ4v) is 5.07. The predicted octanol–water partition coefficient (Wildman–Crippen LogP) is 6.43. The molecule has 2 aromatic carbocycles. The highest BCUT2D eigenvalue weighted by Gasteiger charge is 2.06. The van der Waals surface area contributed by atoms with E-state index in [1.165, 1.54) is 11.1 Å². The number of rotatable bonds is 6. The van der Waals surface area contributed by atoms with Crippen molar-refractivity contribution in [3.05, 3.63) is 69.7 Å². The number of hydrogen-bond acceptors (Lipinski definition) is 5. The van der Waals surface area contributed by atoms with Gasteiger partial charge in [-0.05, 0) is 35.4 Å². The molecule has 7 heteroatoms. The van der Waals surface area contributed by atoms with Gasteiger partial charge in [0.05, 0.1) is 0 Å². The molecule has 0 aliphatic carbocycles.